The highest BCUT2D eigenvalue weighted by molar-refractivity contribution is 5.14. The summed E-state index contributed by atoms with van der Waals surface area (Å²) >= 11 is 0. The maximum absolute atomic E-state index is 3.37. The van der Waals surface area contributed by atoms with Crippen LogP contribution in [0.4, 0.5) is 0 Å². The fourth-order valence-corrected chi connectivity index (χ4v) is 1.40. The van der Waals surface area contributed by atoms with Crippen molar-refractivity contribution in [1.82, 2.24) is 5.32 Å². The van der Waals surface area contributed by atoms with Crippen LogP contribution in [0.5, 0.6) is 0 Å². The molecule has 1 aromatic rings. The van der Waals surface area contributed by atoms with Crippen molar-refractivity contribution in [2.24, 2.45) is 0 Å². The lowest BCUT2D eigenvalue weighted by Crippen LogP contribution is -2.16. The lowest BCUT2D eigenvalue weighted by Gasteiger charge is -2.02. The number of unbranched alkanes of at least 4 members (excludes halogenated alkanes) is 1. The predicted molar refractivity (Wildman–Crippen MR) is 62.2 cm³/mol. The van der Waals surface area contributed by atoms with Crippen LogP contribution in [0.25, 0.3) is 0 Å². The molecule has 1 rings (SSSR count). The Morgan fingerprint density at radius 3 is 2.71 bits per heavy atom. The molecule has 77 valence electrons. The summed E-state index contributed by atoms with van der Waals surface area (Å²) in [5.41, 5.74) is 1.43. The second-order valence-corrected chi connectivity index (χ2v) is 3.52. The van der Waals surface area contributed by atoms with Gasteiger partial charge >= 0.3 is 0 Å². The topological polar surface area (TPSA) is 12.0 Å². The smallest absolute Gasteiger partial charge is 0.00173 e. The summed E-state index contributed by atoms with van der Waals surface area (Å²) in [6, 6.07) is 10.6. The summed E-state index contributed by atoms with van der Waals surface area (Å²) in [6.45, 7) is 4.36. The molecular weight excluding hydrogens is 170 g/mol. The summed E-state index contributed by atoms with van der Waals surface area (Å²) in [5, 5.41) is 3.37. The third kappa shape index (κ3) is 5.03. The van der Waals surface area contributed by atoms with E-state index in [0.717, 1.165) is 19.5 Å². The first kappa shape index (κ1) is 11.3. The van der Waals surface area contributed by atoms with Crippen LogP contribution in [0.15, 0.2) is 30.3 Å². The van der Waals surface area contributed by atoms with E-state index in [9.17, 15) is 0 Å². The normalized spacial score (nSPS) is 10.4. The van der Waals surface area contributed by atoms with Gasteiger partial charge < -0.3 is 5.32 Å². The van der Waals surface area contributed by atoms with Crippen molar-refractivity contribution in [2.75, 3.05) is 13.1 Å². The number of nitrogens with one attached hydrogen (secondary N) is 1. The summed E-state index contributed by atoms with van der Waals surface area (Å²) in [6.07, 6.45) is 5.87. The van der Waals surface area contributed by atoms with Crippen LogP contribution >= 0.6 is 0 Å². The third-order valence-electron chi connectivity index (χ3n) is 2.20. The highest BCUT2D eigenvalue weighted by atomic mass is 14.8. The second kappa shape index (κ2) is 7.57. The van der Waals surface area contributed by atoms with Gasteiger partial charge in [-0.1, -0.05) is 37.3 Å². The molecule has 0 aliphatic rings. The van der Waals surface area contributed by atoms with Gasteiger partial charge in [-0.05, 0) is 44.3 Å². The average molecular weight is 190 g/mol. The van der Waals surface area contributed by atoms with Crippen molar-refractivity contribution in [1.29, 1.82) is 0 Å². The van der Waals surface area contributed by atoms with Gasteiger partial charge in [-0.2, -0.15) is 0 Å². The van der Waals surface area contributed by atoms with E-state index in [1.54, 1.807) is 0 Å². The lowest BCUT2D eigenvalue weighted by molar-refractivity contribution is 0.692. The number of benzene rings is 1. The number of hydrogen-bond donors (Lipinski definition) is 1. The molecule has 1 aromatic carbocycles. The first-order valence-electron chi connectivity index (χ1n) is 5.49. The van der Waals surface area contributed by atoms with E-state index in [0.29, 0.717) is 0 Å². The maximum Gasteiger partial charge on any atom is -0.00173 e. The molecular formula is C13H20N. The monoisotopic (exact) mass is 190 g/mol. The van der Waals surface area contributed by atoms with Crippen LogP contribution in [0.1, 0.15) is 25.3 Å². The second-order valence-electron chi connectivity index (χ2n) is 3.52. The van der Waals surface area contributed by atoms with E-state index >= 15 is 0 Å². The Hall–Kier alpha value is -0.820. The molecule has 1 radical (unpaired) electrons. The summed E-state index contributed by atoms with van der Waals surface area (Å²) in [4.78, 5) is 0. The SMILES string of the molecule is CCCNC[CH]CCc1ccccc1. The van der Waals surface area contributed by atoms with Crippen molar-refractivity contribution in [2.45, 2.75) is 26.2 Å². The van der Waals surface area contributed by atoms with Gasteiger partial charge in [0.15, 0.2) is 0 Å². The van der Waals surface area contributed by atoms with Gasteiger partial charge in [0.25, 0.3) is 0 Å². The Bertz CT molecular complexity index is 218. The maximum atomic E-state index is 3.37. The molecule has 1 heteroatoms. The minimum Gasteiger partial charge on any atom is -0.316 e. The van der Waals surface area contributed by atoms with Crippen LogP contribution in [-0.4, -0.2) is 13.1 Å². The van der Waals surface area contributed by atoms with Gasteiger partial charge in [-0.25, -0.2) is 0 Å². The molecule has 0 fully saturated rings. The van der Waals surface area contributed by atoms with Crippen LogP contribution in [0.3, 0.4) is 0 Å². The Morgan fingerprint density at radius 1 is 1.21 bits per heavy atom. The summed E-state index contributed by atoms with van der Waals surface area (Å²) < 4.78 is 0. The van der Waals surface area contributed by atoms with Crippen LogP contribution in [0.2, 0.25) is 0 Å². The third-order valence-corrected chi connectivity index (χ3v) is 2.20. The van der Waals surface area contributed by atoms with Crippen molar-refractivity contribution in [3.05, 3.63) is 42.3 Å². The lowest BCUT2D eigenvalue weighted by atomic mass is 10.1. The van der Waals surface area contributed by atoms with E-state index in [1.165, 1.54) is 18.4 Å². The zero-order chi connectivity index (χ0) is 10.1. The van der Waals surface area contributed by atoms with Gasteiger partial charge in [-0.15, -0.1) is 0 Å². The minimum atomic E-state index is 1.04. The Labute approximate surface area is 87.5 Å². The Morgan fingerprint density at radius 2 is 2.00 bits per heavy atom. The summed E-state index contributed by atoms with van der Waals surface area (Å²) in [7, 11) is 0. The van der Waals surface area contributed by atoms with Crippen LogP contribution < -0.4 is 5.32 Å². The first-order valence-corrected chi connectivity index (χ1v) is 5.49. The molecule has 1 N–H and O–H groups in total. The first-order chi connectivity index (χ1) is 6.93. The Kier molecular flexibility index (Phi) is 6.09. The molecule has 0 bridgehead atoms. The van der Waals surface area contributed by atoms with E-state index in [1.807, 2.05) is 0 Å². The summed E-state index contributed by atoms with van der Waals surface area (Å²) in [5.74, 6) is 0. The predicted octanol–water partition coefficient (Wildman–Crippen LogP) is 2.82. The molecule has 0 heterocycles. The van der Waals surface area contributed by atoms with E-state index in [2.05, 4.69) is 49.0 Å². The van der Waals surface area contributed by atoms with Crippen molar-refractivity contribution in [3.8, 4) is 0 Å². The van der Waals surface area contributed by atoms with Gasteiger partial charge in [0.05, 0.1) is 0 Å². The highest BCUT2D eigenvalue weighted by Gasteiger charge is 1.91. The molecule has 0 spiro atoms. The molecule has 1 nitrogen and oxygen atoms in total. The highest BCUT2D eigenvalue weighted by Crippen LogP contribution is 2.03. The van der Waals surface area contributed by atoms with Crippen LogP contribution in [0, 0.1) is 6.42 Å². The fraction of sp³-hybridized carbons (Fsp3) is 0.462. The zero-order valence-corrected chi connectivity index (χ0v) is 9.00. The molecule has 0 saturated carbocycles. The minimum absolute atomic E-state index is 1.04. The van der Waals surface area contributed by atoms with Gasteiger partial charge in [0.2, 0.25) is 0 Å². The zero-order valence-electron chi connectivity index (χ0n) is 9.00. The van der Waals surface area contributed by atoms with E-state index in [-0.39, 0.29) is 0 Å². The van der Waals surface area contributed by atoms with Crippen molar-refractivity contribution >= 4 is 0 Å². The molecule has 0 amide bonds. The fourth-order valence-electron chi connectivity index (χ4n) is 1.40. The van der Waals surface area contributed by atoms with Gasteiger partial charge in [0.1, 0.15) is 0 Å². The molecule has 0 saturated heterocycles. The van der Waals surface area contributed by atoms with E-state index < -0.39 is 0 Å². The standard InChI is InChI=1S/C13H20N/c1-2-11-14-12-7-6-10-13-8-4-3-5-9-13/h3-5,7-9,14H,2,6,10-12H2,1H3. The number of hydrogen-bond acceptors (Lipinski definition) is 1. The average Bonchev–Trinajstić information content (AvgIpc) is 2.25. The molecule has 0 aliphatic heterocycles. The van der Waals surface area contributed by atoms with E-state index in [4.69, 9.17) is 0 Å². The van der Waals surface area contributed by atoms with Crippen LogP contribution in [-0.2, 0) is 6.42 Å². The number of rotatable bonds is 7. The molecule has 0 aromatic heterocycles. The quantitative estimate of drug-likeness (QED) is 0.652. The molecule has 0 aliphatic carbocycles. The molecule has 0 unspecified atom stereocenters. The Balaban J connectivity index is 1.99. The van der Waals surface area contributed by atoms with Gasteiger partial charge in [0, 0.05) is 0 Å². The van der Waals surface area contributed by atoms with Crippen molar-refractivity contribution < 1.29 is 0 Å². The largest absolute Gasteiger partial charge is 0.316 e. The molecule has 14 heavy (non-hydrogen) atoms. The number of aryl methyl sites for hydroxylation is 1. The molecule has 0 atom stereocenters. The van der Waals surface area contributed by atoms with Gasteiger partial charge in [-0.3, -0.25) is 0 Å². The van der Waals surface area contributed by atoms with Crippen molar-refractivity contribution in [3.63, 3.8) is 0 Å².